The van der Waals surface area contributed by atoms with Crippen molar-refractivity contribution in [1.82, 2.24) is 0 Å². The Balaban J connectivity index is 1.92. The Bertz CT molecular complexity index is 1370. The number of hydrogen-bond donors (Lipinski definition) is 2. The molecular weight excluding hydrogens is 392 g/mol. The molecule has 2 heteroatoms. The molecule has 32 heavy (non-hydrogen) atoms. The van der Waals surface area contributed by atoms with Crippen molar-refractivity contribution in [2.75, 3.05) is 0 Å². The van der Waals surface area contributed by atoms with Crippen LogP contribution in [-0.4, -0.2) is 10.2 Å². The van der Waals surface area contributed by atoms with E-state index >= 15 is 0 Å². The standard InChI is InChI=1S/C30H26O2/c1-18-12-14-21(15-13-18)28(26-16-19(2)29(31)24-10-6-4-8-22(24)26)27-17-20(3)30(32)25-11-7-5-9-23(25)27/h4-17,28,31-32H,1-3H3. The minimum atomic E-state index is -0.0519. The van der Waals surface area contributed by atoms with Crippen molar-refractivity contribution in [2.24, 2.45) is 0 Å². The first-order valence-corrected chi connectivity index (χ1v) is 10.9. The minimum absolute atomic E-state index is 0.0519. The van der Waals surface area contributed by atoms with Gasteiger partial charge in [-0.3, -0.25) is 0 Å². The number of hydrogen-bond acceptors (Lipinski definition) is 2. The molecule has 0 bridgehead atoms. The summed E-state index contributed by atoms with van der Waals surface area (Å²) in [5, 5.41) is 25.3. The van der Waals surface area contributed by atoms with Crippen LogP contribution in [0.25, 0.3) is 21.5 Å². The molecule has 0 saturated heterocycles. The molecule has 5 aromatic rings. The quantitative estimate of drug-likeness (QED) is 0.298. The summed E-state index contributed by atoms with van der Waals surface area (Å²) in [7, 11) is 0. The van der Waals surface area contributed by atoms with Crippen molar-refractivity contribution in [3.05, 3.63) is 118 Å². The van der Waals surface area contributed by atoms with Gasteiger partial charge in [0.1, 0.15) is 11.5 Å². The predicted octanol–water partition coefficient (Wildman–Crippen LogP) is 7.51. The first-order chi connectivity index (χ1) is 15.5. The van der Waals surface area contributed by atoms with Gasteiger partial charge < -0.3 is 10.2 Å². The van der Waals surface area contributed by atoms with E-state index < -0.39 is 0 Å². The van der Waals surface area contributed by atoms with E-state index in [1.807, 2.05) is 50.2 Å². The Morgan fingerprint density at radius 2 is 0.938 bits per heavy atom. The van der Waals surface area contributed by atoms with E-state index in [0.717, 1.165) is 43.8 Å². The number of phenolic OH excluding ortho intramolecular Hbond substituents is 2. The van der Waals surface area contributed by atoms with Gasteiger partial charge >= 0.3 is 0 Å². The summed E-state index contributed by atoms with van der Waals surface area (Å²) in [6.07, 6.45) is 0. The maximum Gasteiger partial charge on any atom is 0.126 e. The van der Waals surface area contributed by atoms with Gasteiger partial charge in [-0.05, 0) is 59.4 Å². The molecule has 0 atom stereocenters. The number of aromatic hydroxyl groups is 2. The number of aryl methyl sites for hydroxylation is 3. The van der Waals surface area contributed by atoms with Gasteiger partial charge in [0.2, 0.25) is 0 Å². The Kier molecular flexibility index (Phi) is 4.86. The highest BCUT2D eigenvalue weighted by atomic mass is 16.3. The van der Waals surface area contributed by atoms with Crippen molar-refractivity contribution in [3.63, 3.8) is 0 Å². The first kappa shape index (κ1) is 20.1. The molecule has 0 aromatic heterocycles. The summed E-state index contributed by atoms with van der Waals surface area (Å²) in [4.78, 5) is 0. The molecule has 2 N–H and O–H groups in total. The zero-order valence-corrected chi connectivity index (χ0v) is 18.6. The Morgan fingerprint density at radius 1 is 0.531 bits per heavy atom. The molecule has 0 aliphatic rings. The summed E-state index contributed by atoms with van der Waals surface area (Å²) in [5.41, 5.74) is 6.41. The molecular formula is C30H26O2. The van der Waals surface area contributed by atoms with Gasteiger partial charge in [-0.25, -0.2) is 0 Å². The summed E-state index contributed by atoms with van der Waals surface area (Å²) in [5.74, 6) is 0.613. The van der Waals surface area contributed by atoms with Crippen LogP contribution < -0.4 is 0 Å². The maximum absolute atomic E-state index is 10.8. The Hall–Kier alpha value is -3.78. The third-order valence-corrected chi connectivity index (χ3v) is 6.51. The van der Waals surface area contributed by atoms with Crippen molar-refractivity contribution in [1.29, 1.82) is 0 Å². The Labute approximate surface area is 188 Å². The molecule has 0 heterocycles. The molecule has 158 valence electrons. The fourth-order valence-corrected chi connectivity index (χ4v) is 4.83. The van der Waals surface area contributed by atoms with E-state index in [-0.39, 0.29) is 5.92 Å². The summed E-state index contributed by atoms with van der Waals surface area (Å²) in [6.45, 7) is 6.01. The van der Waals surface area contributed by atoms with Crippen LogP contribution in [0.15, 0.2) is 84.9 Å². The van der Waals surface area contributed by atoms with E-state index in [2.05, 4.69) is 55.5 Å². The molecule has 2 nitrogen and oxygen atoms in total. The van der Waals surface area contributed by atoms with Crippen LogP contribution in [-0.2, 0) is 0 Å². The van der Waals surface area contributed by atoms with Crippen molar-refractivity contribution < 1.29 is 10.2 Å². The fourth-order valence-electron chi connectivity index (χ4n) is 4.83. The van der Waals surface area contributed by atoms with Crippen LogP contribution in [0.1, 0.15) is 39.3 Å². The topological polar surface area (TPSA) is 40.5 Å². The maximum atomic E-state index is 10.8. The SMILES string of the molecule is Cc1ccc(C(c2cc(C)c(O)c3ccccc23)c2cc(C)c(O)c3ccccc23)cc1. The van der Waals surface area contributed by atoms with Gasteiger partial charge in [0.05, 0.1) is 0 Å². The average molecular weight is 419 g/mol. The molecule has 0 saturated carbocycles. The van der Waals surface area contributed by atoms with Crippen molar-refractivity contribution in [3.8, 4) is 11.5 Å². The number of fused-ring (bicyclic) bond motifs is 2. The van der Waals surface area contributed by atoms with Gasteiger partial charge in [0.15, 0.2) is 0 Å². The van der Waals surface area contributed by atoms with Crippen LogP contribution in [0.4, 0.5) is 0 Å². The largest absolute Gasteiger partial charge is 0.507 e. The van der Waals surface area contributed by atoms with Gasteiger partial charge in [-0.15, -0.1) is 0 Å². The lowest BCUT2D eigenvalue weighted by Gasteiger charge is -2.24. The number of rotatable bonds is 3. The van der Waals surface area contributed by atoms with E-state index in [0.29, 0.717) is 11.5 Å². The van der Waals surface area contributed by atoms with Gasteiger partial charge in [0.25, 0.3) is 0 Å². The van der Waals surface area contributed by atoms with E-state index in [4.69, 9.17) is 0 Å². The molecule has 0 aliphatic carbocycles. The lowest BCUT2D eigenvalue weighted by atomic mass is 9.79. The molecule has 0 unspecified atom stereocenters. The van der Waals surface area contributed by atoms with Crippen LogP contribution in [0, 0.1) is 20.8 Å². The monoisotopic (exact) mass is 418 g/mol. The minimum Gasteiger partial charge on any atom is -0.507 e. The second kappa shape index (κ2) is 7.72. The fraction of sp³-hybridized carbons (Fsp3) is 0.133. The molecule has 5 aromatic carbocycles. The Morgan fingerprint density at radius 3 is 1.38 bits per heavy atom. The van der Waals surface area contributed by atoms with E-state index in [9.17, 15) is 10.2 Å². The third-order valence-electron chi connectivity index (χ3n) is 6.51. The molecule has 0 fully saturated rings. The second-order valence-corrected chi connectivity index (χ2v) is 8.70. The van der Waals surface area contributed by atoms with Gasteiger partial charge in [0, 0.05) is 16.7 Å². The number of benzene rings is 5. The van der Waals surface area contributed by atoms with Crippen molar-refractivity contribution in [2.45, 2.75) is 26.7 Å². The van der Waals surface area contributed by atoms with Gasteiger partial charge in [-0.1, -0.05) is 90.5 Å². The molecule has 0 aliphatic heterocycles. The zero-order chi connectivity index (χ0) is 22.4. The van der Waals surface area contributed by atoms with Crippen LogP contribution in [0.3, 0.4) is 0 Å². The smallest absolute Gasteiger partial charge is 0.126 e. The summed E-state index contributed by atoms with van der Waals surface area (Å²) in [6, 6.07) is 29.0. The van der Waals surface area contributed by atoms with E-state index in [1.165, 1.54) is 11.1 Å². The highest BCUT2D eigenvalue weighted by Crippen LogP contribution is 2.44. The highest BCUT2D eigenvalue weighted by Gasteiger charge is 2.24. The summed E-state index contributed by atoms with van der Waals surface area (Å²) < 4.78 is 0. The molecule has 0 radical (unpaired) electrons. The van der Waals surface area contributed by atoms with E-state index in [1.54, 1.807) is 0 Å². The highest BCUT2D eigenvalue weighted by molar-refractivity contribution is 5.96. The normalized spacial score (nSPS) is 11.5. The van der Waals surface area contributed by atoms with Gasteiger partial charge in [-0.2, -0.15) is 0 Å². The molecule has 0 amide bonds. The van der Waals surface area contributed by atoms with Crippen LogP contribution >= 0.6 is 0 Å². The average Bonchev–Trinajstić information content (AvgIpc) is 2.81. The van der Waals surface area contributed by atoms with Crippen molar-refractivity contribution >= 4 is 21.5 Å². The lowest BCUT2D eigenvalue weighted by Crippen LogP contribution is -2.06. The summed E-state index contributed by atoms with van der Waals surface area (Å²) >= 11 is 0. The van der Waals surface area contributed by atoms with Crippen LogP contribution in [0.2, 0.25) is 0 Å². The zero-order valence-electron chi connectivity index (χ0n) is 18.6. The molecule has 0 spiro atoms. The third kappa shape index (κ3) is 3.20. The number of phenols is 2. The van der Waals surface area contributed by atoms with Crippen LogP contribution in [0.5, 0.6) is 11.5 Å². The molecule has 5 rings (SSSR count). The first-order valence-electron chi connectivity index (χ1n) is 10.9. The predicted molar refractivity (Wildman–Crippen MR) is 133 cm³/mol. The second-order valence-electron chi connectivity index (χ2n) is 8.70. The lowest BCUT2D eigenvalue weighted by molar-refractivity contribution is 0.477.